The van der Waals surface area contributed by atoms with E-state index in [9.17, 15) is 18.0 Å². The van der Waals surface area contributed by atoms with Gasteiger partial charge in [0.05, 0.1) is 23.7 Å². The van der Waals surface area contributed by atoms with E-state index in [4.69, 9.17) is 16.3 Å². The van der Waals surface area contributed by atoms with Crippen LogP contribution in [0.1, 0.15) is 37.4 Å². The molecule has 1 aliphatic heterocycles. The van der Waals surface area contributed by atoms with Crippen molar-refractivity contribution in [2.24, 2.45) is 0 Å². The van der Waals surface area contributed by atoms with E-state index in [0.29, 0.717) is 48.1 Å². The zero-order chi connectivity index (χ0) is 25.3. The van der Waals surface area contributed by atoms with Crippen molar-refractivity contribution in [3.8, 4) is 0 Å². The largest absolute Gasteiger partial charge is 0.416 e. The summed E-state index contributed by atoms with van der Waals surface area (Å²) in [6, 6.07) is 8.40. The second-order valence-electron chi connectivity index (χ2n) is 8.75. The highest BCUT2D eigenvalue weighted by atomic mass is 35.5. The number of methoxy groups -OCH3 is 1. The van der Waals surface area contributed by atoms with Crippen LogP contribution in [0, 0.1) is 0 Å². The Kier molecular flexibility index (Phi) is 7.35. The van der Waals surface area contributed by atoms with Crippen LogP contribution in [-0.4, -0.2) is 58.7 Å². The standard InChI is InChI=1S/C24H27ClF3N5O2/c1-4-19(15-5-7-16(8-6-15)24(26,27)28)33-11-14(2)32(12-17(33)13-35-3)22-21-18(29-23(34)31-22)9-10-20(25)30-21/h5-10,14,17,19H,4,11-13H2,1-3H3,(H,29,31,34)/t14?,17-,19?/m0/s1. The quantitative estimate of drug-likeness (QED) is 0.487. The number of hydrogen-bond acceptors (Lipinski definition) is 6. The number of nitrogens with zero attached hydrogens (tertiary/aromatic N) is 4. The second-order valence-corrected chi connectivity index (χ2v) is 9.13. The van der Waals surface area contributed by atoms with E-state index in [0.717, 1.165) is 17.7 Å². The van der Waals surface area contributed by atoms with Gasteiger partial charge in [-0.1, -0.05) is 30.7 Å². The van der Waals surface area contributed by atoms with Gasteiger partial charge < -0.3 is 14.6 Å². The molecule has 11 heteroatoms. The maximum atomic E-state index is 13.1. The van der Waals surface area contributed by atoms with Crippen molar-refractivity contribution in [3.63, 3.8) is 0 Å². The molecule has 3 aromatic rings. The molecule has 7 nitrogen and oxygen atoms in total. The first kappa shape index (κ1) is 25.4. The van der Waals surface area contributed by atoms with Gasteiger partial charge in [-0.15, -0.1) is 0 Å². The van der Waals surface area contributed by atoms with Crippen LogP contribution in [0.5, 0.6) is 0 Å². The molecule has 0 aliphatic carbocycles. The number of hydrogen-bond donors (Lipinski definition) is 1. The van der Waals surface area contributed by atoms with E-state index in [1.165, 1.54) is 0 Å². The van der Waals surface area contributed by atoms with E-state index in [1.807, 2.05) is 18.7 Å². The molecule has 0 radical (unpaired) electrons. The Balaban J connectivity index is 1.68. The minimum atomic E-state index is -4.38. The minimum Gasteiger partial charge on any atom is -0.383 e. The Hall–Kier alpha value is -2.69. The molecule has 3 atom stereocenters. The molecule has 4 rings (SSSR count). The molecule has 1 N–H and O–H groups in total. The van der Waals surface area contributed by atoms with E-state index in [2.05, 4.69) is 19.9 Å². The molecule has 0 spiro atoms. The minimum absolute atomic E-state index is 0.0649. The fourth-order valence-corrected chi connectivity index (χ4v) is 4.99. The normalized spacial score (nSPS) is 20.4. The van der Waals surface area contributed by atoms with Gasteiger partial charge in [-0.05, 0) is 43.2 Å². The smallest absolute Gasteiger partial charge is 0.383 e. The van der Waals surface area contributed by atoms with E-state index in [1.54, 1.807) is 31.4 Å². The van der Waals surface area contributed by atoms with Crippen LogP contribution in [0.15, 0.2) is 41.2 Å². The number of ether oxygens (including phenoxy) is 1. The maximum absolute atomic E-state index is 13.1. The summed E-state index contributed by atoms with van der Waals surface area (Å²) >= 11 is 6.13. The van der Waals surface area contributed by atoms with Gasteiger partial charge in [0, 0.05) is 32.3 Å². The molecule has 35 heavy (non-hydrogen) atoms. The van der Waals surface area contributed by atoms with E-state index < -0.39 is 17.4 Å². The molecule has 188 valence electrons. The molecular weight excluding hydrogens is 483 g/mol. The van der Waals surface area contributed by atoms with Crippen LogP contribution >= 0.6 is 11.6 Å². The Morgan fingerprint density at radius 3 is 2.51 bits per heavy atom. The highest BCUT2D eigenvalue weighted by Crippen LogP contribution is 2.35. The first-order valence-electron chi connectivity index (χ1n) is 11.4. The average Bonchev–Trinajstić information content (AvgIpc) is 2.81. The Morgan fingerprint density at radius 1 is 1.17 bits per heavy atom. The summed E-state index contributed by atoms with van der Waals surface area (Å²) in [4.78, 5) is 27.9. The summed E-state index contributed by atoms with van der Waals surface area (Å²) in [5.41, 5.74) is 0.712. The Labute approximate surface area is 205 Å². The summed E-state index contributed by atoms with van der Waals surface area (Å²) in [5.74, 6) is 0.446. The number of aromatic nitrogens is 3. The summed E-state index contributed by atoms with van der Waals surface area (Å²) in [6.45, 7) is 5.52. The van der Waals surface area contributed by atoms with Crippen LogP contribution in [0.3, 0.4) is 0 Å². The van der Waals surface area contributed by atoms with Gasteiger partial charge in [-0.2, -0.15) is 18.2 Å². The fraction of sp³-hybridized carbons (Fsp3) is 0.458. The molecule has 2 aromatic heterocycles. The fourth-order valence-electron chi connectivity index (χ4n) is 4.84. The Morgan fingerprint density at radius 2 is 1.89 bits per heavy atom. The van der Waals surface area contributed by atoms with Crippen LogP contribution in [0.2, 0.25) is 5.15 Å². The Bertz CT molecular complexity index is 1230. The van der Waals surface area contributed by atoms with Crippen LogP contribution in [-0.2, 0) is 10.9 Å². The topological polar surface area (TPSA) is 74.4 Å². The van der Waals surface area contributed by atoms with Gasteiger partial charge in [-0.3, -0.25) is 4.90 Å². The third-order valence-corrected chi connectivity index (χ3v) is 6.66. The predicted molar refractivity (Wildman–Crippen MR) is 129 cm³/mol. The highest BCUT2D eigenvalue weighted by Gasteiger charge is 2.37. The lowest BCUT2D eigenvalue weighted by molar-refractivity contribution is -0.137. The van der Waals surface area contributed by atoms with Crippen LogP contribution < -0.4 is 10.6 Å². The molecule has 0 amide bonds. The van der Waals surface area contributed by atoms with Gasteiger partial charge in [0.1, 0.15) is 10.7 Å². The molecule has 1 saturated heterocycles. The maximum Gasteiger partial charge on any atom is 0.416 e. The molecule has 1 aromatic carbocycles. The number of benzene rings is 1. The zero-order valence-electron chi connectivity index (χ0n) is 19.6. The van der Waals surface area contributed by atoms with Crippen LogP contribution in [0.4, 0.5) is 19.0 Å². The molecule has 0 saturated carbocycles. The van der Waals surface area contributed by atoms with Gasteiger partial charge in [-0.25, -0.2) is 9.78 Å². The summed E-state index contributed by atoms with van der Waals surface area (Å²) in [6.07, 6.45) is -3.67. The summed E-state index contributed by atoms with van der Waals surface area (Å²) in [5, 5.41) is 0.292. The van der Waals surface area contributed by atoms with Gasteiger partial charge >= 0.3 is 11.9 Å². The zero-order valence-corrected chi connectivity index (χ0v) is 20.4. The third kappa shape index (κ3) is 5.29. The van der Waals surface area contributed by atoms with Crippen molar-refractivity contribution in [2.75, 3.05) is 31.7 Å². The lowest BCUT2D eigenvalue weighted by atomic mass is 9.96. The molecule has 2 unspecified atom stereocenters. The third-order valence-electron chi connectivity index (χ3n) is 6.45. The van der Waals surface area contributed by atoms with Crippen molar-refractivity contribution < 1.29 is 17.9 Å². The number of anilines is 1. The van der Waals surface area contributed by atoms with E-state index in [-0.39, 0.29) is 18.1 Å². The predicted octanol–water partition coefficient (Wildman–Crippen LogP) is 4.67. The molecular formula is C24H27ClF3N5O2. The number of pyridine rings is 1. The molecule has 1 aliphatic rings. The van der Waals surface area contributed by atoms with E-state index >= 15 is 0 Å². The summed E-state index contributed by atoms with van der Waals surface area (Å²) < 4.78 is 44.7. The SMILES string of the molecule is CCC(c1ccc(C(F)(F)F)cc1)N1CC(C)N(c2nc(=O)[nH]c3ccc(Cl)nc23)C[C@H]1COC. The van der Waals surface area contributed by atoms with Crippen molar-refractivity contribution in [1.82, 2.24) is 19.9 Å². The number of aromatic amines is 1. The highest BCUT2D eigenvalue weighted by molar-refractivity contribution is 6.29. The number of rotatable bonds is 6. The lowest BCUT2D eigenvalue weighted by Crippen LogP contribution is -2.60. The van der Waals surface area contributed by atoms with Gasteiger partial charge in [0.25, 0.3) is 0 Å². The number of H-pyrrole nitrogens is 1. The number of alkyl halides is 3. The average molecular weight is 510 g/mol. The molecule has 3 heterocycles. The lowest BCUT2D eigenvalue weighted by Gasteiger charge is -2.48. The number of halogens is 4. The molecule has 0 bridgehead atoms. The van der Waals surface area contributed by atoms with Gasteiger partial charge in [0.2, 0.25) is 0 Å². The van der Waals surface area contributed by atoms with Gasteiger partial charge in [0.15, 0.2) is 5.82 Å². The number of fused-ring (bicyclic) bond motifs is 1. The number of nitrogens with one attached hydrogen (secondary N) is 1. The van der Waals surface area contributed by atoms with Crippen LogP contribution in [0.25, 0.3) is 11.0 Å². The van der Waals surface area contributed by atoms with Crippen molar-refractivity contribution in [3.05, 3.63) is 63.2 Å². The first-order valence-corrected chi connectivity index (χ1v) is 11.7. The van der Waals surface area contributed by atoms with Crippen molar-refractivity contribution in [1.29, 1.82) is 0 Å². The monoisotopic (exact) mass is 509 g/mol. The second kappa shape index (κ2) is 10.1. The van der Waals surface area contributed by atoms with Crippen molar-refractivity contribution in [2.45, 2.75) is 44.6 Å². The number of piperazine rings is 1. The molecule has 1 fully saturated rings. The summed E-state index contributed by atoms with van der Waals surface area (Å²) in [7, 11) is 1.61. The first-order chi connectivity index (χ1) is 16.6. The van der Waals surface area contributed by atoms with Crippen molar-refractivity contribution >= 4 is 28.5 Å².